The van der Waals surface area contributed by atoms with Gasteiger partial charge in [-0.3, -0.25) is 4.79 Å². The predicted octanol–water partition coefficient (Wildman–Crippen LogP) is 4.87. The van der Waals surface area contributed by atoms with E-state index in [-0.39, 0.29) is 18.0 Å². The van der Waals surface area contributed by atoms with Crippen LogP contribution in [-0.4, -0.2) is 49.4 Å². The highest BCUT2D eigenvalue weighted by Crippen LogP contribution is 2.33. The molecule has 0 aromatic heterocycles. The highest BCUT2D eigenvalue weighted by molar-refractivity contribution is 5.98. The third-order valence-electron chi connectivity index (χ3n) is 5.18. The van der Waals surface area contributed by atoms with Crippen molar-refractivity contribution in [3.05, 3.63) is 53.6 Å². The number of hydrogen-bond acceptors (Lipinski definition) is 6. The van der Waals surface area contributed by atoms with Crippen LogP contribution in [0.3, 0.4) is 0 Å². The second kappa shape index (κ2) is 13.4. The molecule has 180 valence electrons. The standard InChI is InChI=1S/C26H37N3O4/c1-19(2)29(20(3)4)26(30)23-10-9-11-24(31-5)25(23)33-17-8-6-7-16-32-22-14-12-21(13-15-22)18-28-27/h9-15,18-20H,6-8,16-17,27H2,1-5H3. The number of methoxy groups -OCH3 is 1. The lowest BCUT2D eigenvalue weighted by molar-refractivity contribution is 0.0638. The number of rotatable bonds is 13. The van der Waals surface area contributed by atoms with Crippen molar-refractivity contribution in [2.45, 2.75) is 59.0 Å². The fraction of sp³-hybridized carbons (Fsp3) is 0.462. The number of para-hydroxylation sites is 1. The average molecular weight is 456 g/mol. The van der Waals surface area contributed by atoms with E-state index in [1.165, 1.54) is 0 Å². The Kier molecular flexibility index (Phi) is 10.5. The number of unbranched alkanes of at least 4 members (excludes halogenated alkanes) is 2. The average Bonchev–Trinajstić information content (AvgIpc) is 2.79. The molecule has 0 saturated heterocycles. The molecule has 0 fully saturated rings. The number of ether oxygens (including phenoxy) is 3. The summed E-state index contributed by atoms with van der Waals surface area (Å²) in [7, 11) is 1.59. The Hall–Kier alpha value is -3.22. The Labute approximate surface area is 197 Å². The highest BCUT2D eigenvalue weighted by Gasteiger charge is 2.26. The molecule has 0 unspecified atom stereocenters. The van der Waals surface area contributed by atoms with Gasteiger partial charge in [0, 0.05) is 12.1 Å². The van der Waals surface area contributed by atoms with Gasteiger partial charge in [-0.1, -0.05) is 6.07 Å². The minimum Gasteiger partial charge on any atom is -0.494 e. The summed E-state index contributed by atoms with van der Waals surface area (Å²) < 4.78 is 17.3. The summed E-state index contributed by atoms with van der Waals surface area (Å²) in [6.45, 7) is 9.19. The summed E-state index contributed by atoms with van der Waals surface area (Å²) in [5.74, 6) is 7.00. The number of nitrogens with two attached hydrogens (primary N) is 1. The molecule has 2 aromatic carbocycles. The van der Waals surface area contributed by atoms with Crippen LogP contribution in [0.4, 0.5) is 0 Å². The van der Waals surface area contributed by atoms with Gasteiger partial charge in [-0.2, -0.15) is 5.10 Å². The molecule has 7 nitrogen and oxygen atoms in total. The molecule has 1 amide bonds. The Bertz CT molecular complexity index is 887. The van der Waals surface area contributed by atoms with E-state index in [1.54, 1.807) is 19.4 Å². The predicted molar refractivity (Wildman–Crippen MR) is 132 cm³/mol. The quantitative estimate of drug-likeness (QED) is 0.201. The molecule has 0 radical (unpaired) electrons. The van der Waals surface area contributed by atoms with Crippen LogP contribution in [0.2, 0.25) is 0 Å². The summed E-state index contributed by atoms with van der Waals surface area (Å²) in [4.78, 5) is 15.1. The van der Waals surface area contributed by atoms with E-state index >= 15 is 0 Å². The van der Waals surface area contributed by atoms with Crippen molar-refractivity contribution in [3.63, 3.8) is 0 Å². The van der Waals surface area contributed by atoms with Gasteiger partial charge in [0.15, 0.2) is 11.5 Å². The molecule has 2 rings (SSSR count). The molecule has 0 bridgehead atoms. The third-order valence-corrected chi connectivity index (χ3v) is 5.18. The van der Waals surface area contributed by atoms with Crippen molar-refractivity contribution >= 4 is 12.1 Å². The molecule has 0 spiro atoms. The zero-order valence-electron chi connectivity index (χ0n) is 20.4. The van der Waals surface area contributed by atoms with Crippen LogP contribution in [-0.2, 0) is 0 Å². The summed E-state index contributed by atoms with van der Waals surface area (Å²) in [5, 5.41) is 3.50. The number of carbonyl (C=O) groups excluding carboxylic acids is 1. The molecule has 0 aliphatic rings. The van der Waals surface area contributed by atoms with Gasteiger partial charge in [-0.15, -0.1) is 0 Å². The second-order valence-corrected chi connectivity index (χ2v) is 8.34. The van der Waals surface area contributed by atoms with E-state index < -0.39 is 0 Å². The van der Waals surface area contributed by atoms with Crippen LogP contribution in [0, 0.1) is 0 Å². The van der Waals surface area contributed by atoms with E-state index in [4.69, 9.17) is 20.1 Å². The molecule has 0 heterocycles. The minimum atomic E-state index is -0.0500. The van der Waals surface area contributed by atoms with Gasteiger partial charge in [-0.25, -0.2) is 0 Å². The molecule has 0 saturated carbocycles. The Morgan fingerprint density at radius 1 is 0.970 bits per heavy atom. The van der Waals surface area contributed by atoms with E-state index in [9.17, 15) is 4.79 Å². The molecule has 0 atom stereocenters. The van der Waals surface area contributed by atoms with Crippen LogP contribution in [0.1, 0.15) is 62.9 Å². The Balaban J connectivity index is 1.87. The van der Waals surface area contributed by atoms with Gasteiger partial charge < -0.3 is 25.0 Å². The van der Waals surface area contributed by atoms with Gasteiger partial charge in [-0.05, 0) is 88.9 Å². The zero-order valence-corrected chi connectivity index (χ0v) is 20.4. The molecule has 0 aliphatic carbocycles. The maximum atomic E-state index is 13.2. The van der Waals surface area contributed by atoms with Crippen molar-refractivity contribution < 1.29 is 19.0 Å². The number of amides is 1. The highest BCUT2D eigenvalue weighted by atomic mass is 16.5. The van der Waals surface area contributed by atoms with E-state index in [0.29, 0.717) is 30.3 Å². The molecular weight excluding hydrogens is 418 g/mol. The van der Waals surface area contributed by atoms with Crippen LogP contribution < -0.4 is 20.1 Å². The van der Waals surface area contributed by atoms with Crippen LogP contribution in [0.5, 0.6) is 17.2 Å². The number of hydrazone groups is 1. The zero-order chi connectivity index (χ0) is 24.2. The molecule has 0 aliphatic heterocycles. The lowest BCUT2D eigenvalue weighted by atomic mass is 10.1. The van der Waals surface area contributed by atoms with Gasteiger partial charge in [0.2, 0.25) is 0 Å². The smallest absolute Gasteiger partial charge is 0.258 e. The van der Waals surface area contributed by atoms with Crippen LogP contribution >= 0.6 is 0 Å². The summed E-state index contributed by atoms with van der Waals surface area (Å²) in [6, 6.07) is 13.2. The van der Waals surface area contributed by atoms with Crippen molar-refractivity contribution in [3.8, 4) is 17.2 Å². The molecule has 2 N–H and O–H groups in total. The largest absolute Gasteiger partial charge is 0.494 e. The van der Waals surface area contributed by atoms with Crippen molar-refractivity contribution in [2.75, 3.05) is 20.3 Å². The Morgan fingerprint density at radius 3 is 2.18 bits per heavy atom. The Morgan fingerprint density at radius 2 is 1.61 bits per heavy atom. The number of hydrogen-bond donors (Lipinski definition) is 1. The van der Waals surface area contributed by atoms with Gasteiger partial charge in [0.1, 0.15) is 5.75 Å². The van der Waals surface area contributed by atoms with E-state index in [1.807, 2.05) is 69.0 Å². The van der Waals surface area contributed by atoms with Gasteiger partial charge in [0.05, 0.1) is 32.1 Å². The first-order valence-corrected chi connectivity index (χ1v) is 11.5. The molecular formula is C26H37N3O4. The first-order chi connectivity index (χ1) is 15.9. The molecule has 33 heavy (non-hydrogen) atoms. The maximum Gasteiger partial charge on any atom is 0.258 e. The topological polar surface area (TPSA) is 86.4 Å². The second-order valence-electron chi connectivity index (χ2n) is 8.34. The summed E-state index contributed by atoms with van der Waals surface area (Å²) in [6.07, 6.45) is 4.29. The van der Waals surface area contributed by atoms with Crippen LogP contribution in [0.25, 0.3) is 0 Å². The maximum absolute atomic E-state index is 13.2. The fourth-order valence-corrected chi connectivity index (χ4v) is 3.68. The van der Waals surface area contributed by atoms with E-state index in [2.05, 4.69) is 5.10 Å². The van der Waals surface area contributed by atoms with Crippen molar-refractivity contribution in [1.82, 2.24) is 4.90 Å². The van der Waals surface area contributed by atoms with Gasteiger partial charge >= 0.3 is 0 Å². The lowest BCUT2D eigenvalue weighted by Gasteiger charge is -2.31. The number of carbonyl (C=O) groups is 1. The lowest BCUT2D eigenvalue weighted by Crippen LogP contribution is -2.42. The first-order valence-electron chi connectivity index (χ1n) is 11.5. The summed E-state index contributed by atoms with van der Waals surface area (Å²) in [5.41, 5.74) is 1.46. The normalized spacial score (nSPS) is 11.2. The van der Waals surface area contributed by atoms with E-state index in [0.717, 1.165) is 30.6 Å². The summed E-state index contributed by atoms with van der Waals surface area (Å²) >= 11 is 0. The fourth-order valence-electron chi connectivity index (χ4n) is 3.68. The van der Waals surface area contributed by atoms with Gasteiger partial charge in [0.25, 0.3) is 5.91 Å². The monoisotopic (exact) mass is 455 g/mol. The number of benzene rings is 2. The van der Waals surface area contributed by atoms with Crippen LogP contribution in [0.15, 0.2) is 47.6 Å². The minimum absolute atomic E-state index is 0.0500. The first kappa shape index (κ1) is 26.0. The van der Waals surface area contributed by atoms with Crippen molar-refractivity contribution in [2.24, 2.45) is 10.9 Å². The number of nitrogens with zero attached hydrogens (tertiary/aromatic N) is 2. The molecule has 2 aromatic rings. The SMILES string of the molecule is COc1cccc(C(=O)N(C(C)C)C(C)C)c1OCCCCCOc1ccc(C=NN)cc1. The third kappa shape index (κ3) is 7.70. The van der Waals surface area contributed by atoms with Crippen molar-refractivity contribution in [1.29, 1.82) is 0 Å². The molecule has 7 heteroatoms.